The third kappa shape index (κ3) is 5.88. The molecule has 9 heteroatoms. The predicted molar refractivity (Wildman–Crippen MR) is 139 cm³/mol. The van der Waals surface area contributed by atoms with Crippen molar-refractivity contribution in [3.8, 4) is 0 Å². The molecule has 0 spiro atoms. The van der Waals surface area contributed by atoms with Gasteiger partial charge in [0.25, 0.3) is 5.56 Å². The number of rotatable bonds is 5. The molecule has 3 heterocycles. The molecular formula is C27H37FN6O2. The Morgan fingerprint density at radius 2 is 1.67 bits per heavy atom. The van der Waals surface area contributed by atoms with E-state index in [1.165, 1.54) is 12.5 Å². The first-order chi connectivity index (χ1) is 17.6. The highest BCUT2D eigenvalue weighted by Crippen LogP contribution is 2.26. The molecule has 5 rings (SSSR count). The number of nitrogens with zero attached hydrogens (tertiary/aromatic N) is 5. The topological polar surface area (TPSA) is 75.8 Å². The molecule has 194 valence electrons. The number of carbonyl (C=O) groups is 1. The monoisotopic (exact) mass is 496 g/mol. The molecule has 8 nitrogen and oxygen atoms in total. The molecule has 2 aromatic rings. The molecule has 0 unspecified atom stereocenters. The van der Waals surface area contributed by atoms with Crippen LogP contribution in [0.15, 0.2) is 35.1 Å². The van der Waals surface area contributed by atoms with Crippen molar-refractivity contribution < 1.29 is 9.18 Å². The summed E-state index contributed by atoms with van der Waals surface area (Å²) in [5.41, 5.74) is 1.23. The Hall–Kier alpha value is -2.94. The summed E-state index contributed by atoms with van der Waals surface area (Å²) in [7, 11) is 0. The van der Waals surface area contributed by atoms with Gasteiger partial charge in [0.05, 0.1) is 11.4 Å². The van der Waals surface area contributed by atoms with Gasteiger partial charge in [0.1, 0.15) is 5.82 Å². The zero-order chi connectivity index (χ0) is 24.9. The van der Waals surface area contributed by atoms with Crippen LogP contribution in [0.3, 0.4) is 0 Å². The maximum absolute atomic E-state index is 14.1. The summed E-state index contributed by atoms with van der Waals surface area (Å²) in [6.07, 6.45) is 6.46. The number of aromatic amines is 1. The Bertz CT molecular complexity index is 1090. The first-order valence-corrected chi connectivity index (χ1v) is 13.4. The molecule has 0 atom stereocenters. The molecule has 0 bridgehead atoms. The maximum Gasteiger partial charge on any atom is 0.252 e. The fourth-order valence-corrected chi connectivity index (χ4v) is 5.77. The lowest BCUT2D eigenvalue weighted by molar-refractivity contribution is -0.136. The zero-order valence-electron chi connectivity index (χ0n) is 21.0. The highest BCUT2D eigenvalue weighted by Gasteiger charge is 2.28. The van der Waals surface area contributed by atoms with Gasteiger partial charge in [-0.3, -0.25) is 19.5 Å². The molecule has 1 aromatic heterocycles. The van der Waals surface area contributed by atoms with Gasteiger partial charge >= 0.3 is 0 Å². The average Bonchev–Trinajstić information content (AvgIpc) is 3.16. The van der Waals surface area contributed by atoms with Crippen LogP contribution in [0.2, 0.25) is 0 Å². The lowest BCUT2D eigenvalue weighted by Gasteiger charge is -2.36. The van der Waals surface area contributed by atoms with Gasteiger partial charge in [0.2, 0.25) is 11.9 Å². The average molecular weight is 497 g/mol. The number of aromatic nitrogens is 2. The van der Waals surface area contributed by atoms with Crippen molar-refractivity contribution in [2.75, 3.05) is 62.2 Å². The number of benzene rings is 1. The lowest BCUT2D eigenvalue weighted by Crippen LogP contribution is -2.46. The SMILES string of the molecule is O=C(C1CCCCC1)N1CCCN(c2nc(CN3CCN(c4ccccc4F)CC3)cc(=O)[nH]2)CC1. The van der Waals surface area contributed by atoms with Crippen molar-refractivity contribution >= 4 is 17.5 Å². The van der Waals surface area contributed by atoms with Crippen LogP contribution in [0.25, 0.3) is 0 Å². The van der Waals surface area contributed by atoms with Crippen LogP contribution in [0.5, 0.6) is 0 Å². The second-order valence-electron chi connectivity index (χ2n) is 10.3. The third-order valence-electron chi connectivity index (χ3n) is 7.79. The van der Waals surface area contributed by atoms with Crippen LogP contribution >= 0.6 is 0 Å². The first kappa shape index (κ1) is 24.7. The number of nitrogens with one attached hydrogen (secondary N) is 1. The molecule has 3 aliphatic rings. The zero-order valence-corrected chi connectivity index (χ0v) is 21.0. The Morgan fingerprint density at radius 1 is 0.917 bits per heavy atom. The van der Waals surface area contributed by atoms with E-state index < -0.39 is 0 Å². The summed E-state index contributed by atoms with van der Waals surface area (Å²) >= 11 is 0. The largest absolute Gasteiger partial charge is 0.367 e. The minimum Gasteiger partial charge on any atom is -0.367 e. The van der Waals surface area contributed by atoms with Crippen LogP contribution in [0.1, 0.15) is 44.2 Å². The second kappa shape index (κ2) is 11.4. The molecule has 2 saturated heterocycles. The van der Waals surface area contributed by atoms with E-state index >= 15 is 0 Å². The number of H-pyrrole nitrogens is 1. The van der Waals surface area contributed by atoms with E-state index in [0.29, 0.717) is 37.2 Å². The van der Waals surface area contributed by atoms with Crippen molar-refractivity contribution in [3.63, 3.8) is 0 Å². The van der Waals surface area contributed by atoms with Gasteiger partial charge in [-0.15, -0.1) is 0 Å². The van der Waals surface area contributed by atoms with Crippen LogP contribution in [-0.4, -0.2) is 78.0 Å². The standard InChI is InChI=1S/C27H37FN6O2/c28-23-9-4-5-10-24(23)32-15-13-31(14-16-32)20-22-19-25(35)30-27(29-22)34-12-6-11-33(17-18-34)26(36)21-7-2-1-3-8-21/h4-5,9-10,19,21H,1-3,6-8,11-18,20H2,(H,29,30,35). The molecule has 1 saturated carbocycles. The molecule has 36 heavy (non-hydrogen) atoms. The van der Waals surface area contributed by atoms with Gasteiger partial charge in [-0.1, -0.05) is 31.4 Å². The molecule has 1 amide bonds. The quantitative estimate of drug-likeness (QED) is 0.686. The van der Waals surface area contributed by atoms with Gasteiger partial charge in [-0.05, 0) is 31.4 Å². The van der Waals surface area contributed by atoms with Crippen LogP contribution in [0, 0.1) is 11.7 Å². The smallest absolute Gasteiger partial charge is 0.252 e. The van der Waals surface area contributed by atoms with Crippen molar-refractivity contribution in [2.45, 2.75) is 45.1 Å². The Labute approximate surface area is 212 Å². The minimum atomic E-state index is -0.191. The highest BCUT2D eigenvalue weighted by atomic mass is 19.1. The number of amides is 1. The summed E-state index contributed by atoms with van der Waals surface area (Å²) in [5, 5.41) is 0. The molecule has 1 aliphatic carbocycles. The number of para-hydroxylation sites is 1. The van der Waals surface area contributed by atoms with Gasteiger partial charge < -0.3 is 14.7 Å². The Morgan fingerprint density at radius 3 is 2.44 bits per heavy atom. The van der Waals surface area contributed by atoms with Crippen molar-refractivity contribution in [3.05, 3.63) is 52.2 Å². The van der Waals surface area contributed by atoms with Crippen LogP contribution in [-0.2, 0) is 11.3 Å². The van der Waals surface area contributed by atoms with Crippen LogP contribution < -0.4 is 15.4 Å². The molecule has 2 aliphatic heterocycles. The number of anilines is 2. The van der Waals surface area contributed by atoms with Crippen molar-refractivity contribution in [1.82, 2.24) is 19.8 Å². The minimum absolute atomic E-state index is 0.153. The fourth-order valence-electron chi connectivity index (χ4n) is 5.77. The number of halogens is 1. The van der Waals surface area contributed by atoms with Crippen LogP contribution in [0.4, 0.5) is 16.0 Å². The number of piperazine rings is 1. The second-order valence-corrected chi connectivity index (χ2v) is 10.3. The number of hydrogen-bond donors (Lipinski definition) is 1. The Balaban J connectivity index is 1.18. The number of carbonyl (C=O) groups excluding carboxylic acids is 1. The third-order valence-corrected chi connectivity index (χ3v) is 7.79. The van der Waals surface area contributed by atoms with E-state index in [2.05, 4.69) is 19.7 Å². The van der Waals surface area contributed by atoms with Gasteiger partial charge in [-0.2, -0.15) is 0 Å². The van der Waals surface area contributed by atoms with Gasteiger partial charge in [-0.25, -0.2) is 9.37 Å². The molecule has 0 radical (unpaired) electrons. The summed E-state index contributed by atoms with van der Waals surface area (Å²) in [5.74, 6) is 0.893. The normalized spacial score (nSPS) is 20.4. The summed E-state index contributed by atoms with van der Waals surface area (Å²) in [6, 6.07) is 8.46. The number of hydrogen-bond acceptors (Lipinski definition) is 6. The summed E-state index contributed by atoms with van der Waals surface area (Å²) < 4.78 is 14.1. The van der Waals surface area contributed by atoms with E-state index in [1.807, 2.05) is 17.0 Å². The van der Waals surface area contributed by atoms with E-state index in [1.54, 1.807) is 12.1 Å². The van der Waals surface area contributed by atoms with Gasteiger partial charge in [0, 0.05) is 70.9 Å². The molecule has 3 fully saturated rings. The summed E-state index contributed by atoms with van der Waals surface area (Å²) in [6.45, 7) is 6.47. The van der Waals surface area contributed by atoms with E-state index in [-0.39, 0.29) is 17.3 Å². The predicted octanol–water partition coefficient (Wildman–Crippen LogP) is 2.85. The molecule has 1 aromatic carbocycles. The molecular weight excluding hydrogens is 459 g/mol. The van der Waals surface area contributed by atoms with Crippen molar-refractivity contribution in [2.24, 2.45) is 5.92 Å². The van der Waals surface area contributed by atoms with E-state index in [4.69, 9.17) is 4.98 Å². The highest BCUT2D eigenvalue weighted by molar-refractivity contribution is 5.79. The van der Waals surface area contributed by atoms with E-state index in [9.17, 15) is 14.0 Å². The van der Waals surface area contributed by atoms with Crippen molar-refractivity contribution in [1.29, 1.82) is 0 Å². The first-order valence-electron chi connectivity index (χ1n) is 13.4. The Kier molecular flexibility index (Phi) is 7.84. The van der Waals surface area contributed by atoms with E-state index in [0.717, 1.165) is 77.1 Å². The van der Waals surface area contributed by atoms with Gasteiger partial charge in [0.15, 0.2) is 0 Å². The summed E-state index contributed by atoms with van der Waals surface area (Å²) in [4.78, 5) is 41.7. The maximum atomic E-state index is 14.1. The fraction of sp³-hybridized carbons (Fsp3) is 0.593. The molecule has 1 N–H and O–H groups in total. The lowest BCUT2D eigenvalue weighted by atomic mass is 9.88.